The summed E-state index contributed by atoms with van der Waals surface area (Å²) in [6.45, 7) is 6.44. The fourth-order valence-corrected chi connectivity index (χ4v) is 3.00. The lowest BCUT2D eigenvalue weighted by molar-refractivity contribution is 0.341. The maximum atomic E-state index is 5.68. The zero-order valence-corrected chi connectivity index (χ0v) is 11.5. The van der Waals surface area contributed by atoms with Crippen LogP contribution in [0.1, 0.15) is 24.7 Å². The molecule has 19 heavy (non-hydrogen) atoms. The van der Waals surface area contributed by atoms with E-state index in [0.29, 0.717) is 6.54 Å². The van der Waals surface area contributed by atoms with Gasteiger partial charge in [0.2, 0.25) is 0 Å². The summed E-state index contributed by atoms with van der Waals surface area (Å²) in [5, 5.41) is 0. The first-order valence-corrected chi connectivity index (χ1v) is 7.17. The summed E-state index contributed by atoms with van der Waals surface area (Å²) in [5.74, 6) is 1.93. The molecule has 1 saturated heterocycles. The molecule has 2 N–H and O–H groups in total. The van der Waals surface area contributed by atoms with Crippen LogP contribution in [0, 0.1) is 5.92 Å². The Hall–Kier alpha value is -1.39. The molecule has 3 rings (SSSR count). The van der Waals surface area contributed by atoms with Gasteiger partial charge >= 0.3 is 0 Å². The molecule has 2 aromatic heterocycles. The van der Waals surface area contributed by atoms with Gasteiger partial charge in [0.25, 0.3) is 0 Å². The lowest BCUT2D eigenvalue weighted by atomic mass is 10.0. The number of rotatable bonds is 4. The third-order valence-corrected chi connectivity index (χ3v) is 4.20. The lowest BCUT2D eigenvalue weighted by Crippen LogP contribution is -2.20. The van der Waals surface area contributed by atoms with Gasteiger partial charge in [0.1, 0.15) is 5.82 Å². The number of hydrogen-bond donors (Lipinski definition) is 1. The van der Waals surface area contributed by atoms with E-state index in [1.165, 1.54) is 31.9 Å². The van der Waals surface area contributed by atoms with Crippen molar-refractivity contribution in [2.75, 3.05) is 19.6 Å². The van der Waals surface area contributed by atoms with Crippen molar-refractivity contribution in [1.82, 2.24) is 14.3 Å². The Morgan fingerprint density at radius 3 is 3.11 bits per heavy atom. The average Bonchev–Trinajstić information content (AvgIpc) is 3.06. The van der Waals surface area contributed by atoms with Crippen LogP contribution in [0.15, 0.2) is 24.5 Å². The maximum Gasteiger partial charge on any atom is 0.113 e. The van der Waals surface area contributed by atoms with Crippen molar-refractivity contribution in [2.24, 2.45) is 11.7 Å². The highest BCUT2D eigenvalue weighted by Gasteiger charge is 2.22. The monoisotopic (exact) mass is 258 g/mol. The molecule has 0 aromatic carbocycles. The second-order valence-electron chi connectivity index (χ2n) is 5.46. The minimum Gasteiger partial charge on any atom is -0.326 e. The zero-order valence-electron chi connectivity index (χ0n) is 11.5. The molecule has 2 aromatic rings. The molecule has 1 fully saturated rings. The normalized spacial score (nSPS) is 20.4. The standard InChI is InChI=1S/C15H22N4/c1-2-18-5-3-13(11-18)8-15-17-10-14-7-12(9-16)4-6-19(14)15/h4,6-7,10,13H,2-3,5,8-9,11,16H2,1H3. The van der Waals surface area contributed by atoms with E-state index in [9.17, 15) is 0 Å². The fourth-order valence-electron chi connectivity index (χ4n) is 3.00. The van der Waals surface area contributed by atoms with Crippen LogP contribution < -0.4 is 5.73 Å². The van der Waals surface area contributed by atoms with Crippen LogP contribution in [0.4, 0.5) is 0 Å². The number of pyridine rings is 1. The zero-order chi connectivity index (χ0) is 13.2. The molecule has 4 heteroatoms. The Balaban J connectivity index is 1.78. The van der Waals surface area contributed by atoms with Crippen molar-refractivity contribution in [3.05, 3.63) is 35.9 Å². The van der Waals surface area contributed by atoms with Gasteiger partial charge in [-0.3, -0.25) is 0 Å². The van der Waals surface area contributed by atoms with Crippen LogP contribution in [0.2, 0.25) is 0 Å². The van der Waals surface area contributed by atoms with E-state index < -0.39 is 0 Å². The van der Waals surface area contributed by atoms with E-state index >= 15 is 0 Å². The Morgan fingerprint density at radius 1 is 1.47 bits per heavy atom. The highest BCUT2D eigenvalue weighted by Crippen LogP contribution is 2.21. The van der Waals surface area contributed by atoms with Gasteiger partial charge in [-0.1, -0.05) is 6.92 Å². The minimum atomic E-state index is 0.588. The third-order valence-electron chi connectivity index (χ3n) is 4.20. The molecule has 1 atom stereocenters. The molecule has 3 heterocycles. The van der Waals surface area contributed by atoms with Crippen LogP contribution in [-0.2, 0) is 13.0 Å². The van der Waals surface area contributed by atoms with Crippen LogP contribution in [0.5, 0.6) is 0 Å². The Labute approximate surface area is 114 Å². The summed E-state index contributed by atoms with van der Waals surface area (Å²) < 4.78 is 2.20. The van der Waals surface area contributed by atoms with E-state index in [2.05, 4.69) is 39.5 Å². The maximum absolute atomic E-state index is 5.68. The lowest BCUT2D eigenvalue weighted by Gasteiger charge is -2.12. The molecule has 0 aliphatic carbocycles. The largest absolute Gasteiger partial charge is 0.326 e. The van der Waals surface area contributed by atoms with Gasteiger partial charge < -0.3 is 15.0 Å². The van der Waals surface area contributed by atoms with Gasteiger partial charge in [-0.15, -0.1) is 0 Å². The van der Waals surface area contributed by atoms with Gasteiger partial charge in [0.15, 0.2) is 0 Å². The molecule has 1 aliphatic heterocycles. The fraction of sp³-hybridized carbons (Fsp3) is 0.533. The number of nitrogens with zero attached hydrogens (tertiary/aromatic N) is 3. The molecule has 0 spiro atoms. The molecule has 0 amide bonds. The van der Waals surface area contributed by atoms with Crippen LogP contribution in [0.25, 0.3) is 5.52 Å². The van der Waals surface area contributed by atoms with E-state index in [-0.39, 0.29) is 0 Å². The third kappa shape index (κ3) is 2.51. The van der Waals surface area contributed by atoms with Crippen molar-refractivity contribution in [3.63, 3.8) is 0 Å². The molecule has 4 nitrogen and oxygen atoms in total. The van der Waals surface area contributed by atoms with Gasteiger partial charge in [0.05, 0.1) is 11.7 Å². The number of aromatic nitrogens is 2. The first-order chi connectivity index (χ1) is 9.30. The highest BCUT2D eigenvalue weighted by molar-refractivity contribution is 5.48. The average molecular weight is 258 g/mol. The summed E-state index contributed by atoms with van der Waals surface area (Å²) in [5.41, 5.74) is 7.99. The summed E-state index contributed by atoms with van der Waals surface area (Å²) >= 11 is 0. The smallest absolute Gasteiger partial charge is 0.113 e. The van der Waals surface area contributed by atoms with Gasteiger partial charge in [-0.05, 0) is 43.1 Å². The van der Waals surface area contributed by atoms with Crippen LogP contribution in [0.3, 0.4) is 0 Å². The molecule has 0 saturated carbocycles. The molecular weight excluding hydrogens is 236 g/mol. The summed E-state index contributed by atoms with van der Waals surface area (Å²) in [7, 11) is 0. The second kappa shape index (κ2) is 5.31. The van der Waals surface area contributed by atoms with E-state index in [0.717, 1.165) is 23.4 Å². The SMILES string of the molecule is CCN1CCC(Cc2ncc3cc(CN)ccn23)C1. The van der Waals surface area contributed by atoms with Crippen molar-refractivity contribution >= 4 is 5.52 Å². The molecule has 102 valence electrons. The van der Waals surface area contributed by atoms with Crippen molar-refractivity contribution in [3.8, 4) is 0 Å². The van der Waals surface area contributed by atoms with Gasteiger partial charge in [-0.25, -0.2) is 4.98 Å². The minimum absolute atomic E-state index is 0.588. The number of nitrogens with two attached hydrogens (primary N) is 1. The quantitative estimate of drug-likeness (QED) is 0.907. The first-order valence-electron chi connectivity index (χ1n) is 7.17. The number of hydrogen-bond acceptors (Lipinski definition) is 3. The van der Waals surface area contributed by atoms with Crippen molar-refractivity contribution in [1.29, 1.82) is 0 Å². The number of imidazole rings is 1. The molecular formula is C15H22N4. The Morgan fingerprint density at radius 2 is 2.37 bits per heavy atom. The van der Waals surface area contributed by atoms with Gasteiger partial charge in [-0.2, -0.15) is 0 Å². The number of fused-ring (bicyclic) bond motifs is 1. The molecule has 1 unspecified atom stereocenters. The van der Waals surface area contributed by atoms with E-state index in [1.807, 2.05) is 6.20 Å². The Kier molecular flexibility index (Phi) is 3.53. The Bertz CT molecular complexity index is 560. The predicted octanol–water partition coefficient (Wildman–Crippen LogP) is 1.68. The van der Waals surface area contributed by atoms with Crippen LogP contribution >= 0.6 is 0 Å². The van der Waals surface area contributed by atoms with Crippen molar-refractivity contribution in [2.45, 2.75) is 26.3 Å². The number of likely N-dealkylation sites (tertiary alicyclic amines) is 1. The van der Waals surface area contributed by atoms with E-state index in [1.54, 1.807) is 0 Å². The molecule has 1 aliphatic rings. The first kappa shape index (κ1) is 12.6. The topological polar surface area (TPSA) is 46.6 Å². The van der Waals surface area contributed by atoms with Gasteiger partial charge in [0, 0.05) is 25.7 Å². The summed E-state index contributed by atoms with van der Waals surface area (Å²) in [6.07, 6.45) is 6.43. The summed E-state index contributed by atoms with van der Waals surface area (Å²) in [4.78, 5) is 7.11. The summed E-state index contributed by atoms with van der Waals surface area (Å²) in [6, 6.07) is 4.22. The van der Waals surface area contributed by atoms with Crippen LogP contribution in [-0.4, -0.2) is 33.9 Å². The highest BCUT2D eigenvalue weighted by atomic mass is 15.1. The predicted molar refractivity (Wildman–Crippen MR) is 77.0 cm³/mol. The second-order valence-corrected chi connectivity index (χ2v) is 5.46. The molecule has 0 bridgehead atoms. The molecule has 0 radical (unpaired) electrons. The van der Waals surface area contributed by atoms with E-state index in [4.69, 9.17) is 5.73 Å². The van der Waals surface area contributed by atoms with Crippen molar-refractivity contribution < 1.29 is 0 Å².